The van der Waals surface area contributed by atoms with Crippen LogP contribution < -0.4 is 15.6 Å². The summed E-state index contributed by atoms with van der Waals surface area (Å²) in [7, 11) is 0. The zero-order valence-corrected chi connectivity index (χ0v) is 11.2. The predicted molar refractivity (Wildman–Crippen MR) is 76.1 cm³/mol. The molecule has 5 nitrogen and oxygen atoms in total. The number of carbonyl (C=O) groups is 1. The number of nitrogens with one attached hydrogen (secondary N) is 2. The number of carbonyl (C=O) groups excluding carboxylic acids is 1. The second-order valence-corrected chi connectivity index (χ2v) is 4.33. The van der Waals surface area contributed by atoms with E-state index in [1.54, 1.807) is 6.07 Å². The fourth-order valence-corrected chi connectivity index (χ4v) is 1.73. The molecule has 2 N–H and O–H groups in total. The summed E-state index contributed by atoms with van der Waals surface area (Å²) in [6.07, 6.45) is 1.49. The lowest BCUT2D eigenvalue weighted by Gasteiger charge is -2.08. The van der Waals surface area contributed by atoms with Crippen LogP contribution in [0, 0.1) is 6.92 Å². The summed E-state index contributed by atoms with van der Waals surface area (Å²) in [5.74, 6) is 0.358. The topological polar surface area (TPSA) is 71.2 Å². The predicted octanol–water partition coefficient (Wildman–Crippen LogP) is 1.49. The molecule has 0 spiro atoms. The van der Waals surface area contributed by atoms with E-state index in [1.807, 2.05) is 31.2 Å². The molecule has 1 amide bonds. The summed E-state index contributed by atoms with van der Waals surface area (Å²) < 4.78 is 5.50. The second-order valence-electron chi connectivity index (χ2n) is 4.33. The van der Waals surface area contributed by atoms with E-state index in [9.17, 15) is 9.59 Å². The monoisotopic (exact) mass is 272 g/mol. The van der Waals surface area contributed by atoms with Gasteiger partial charge in [0.2, 0.25) is 0 Å². The van der Waals surface area contributed by atoms with Crippen molar-refractivity contribution in [1.82, 2.24) is 10.3 Å². The number of H-pyrrole nitrogens is 1. The first-order valence-electron chi connectivity index (χ1n) is 6.32. The van der Waals surface area contributed by atoms with Gasteiger partial charge in [-0.15, -0.1) is 0 Å². The van der Waals surface area contributed by atoms with E-state index < -0.39 is 11.5 Å². The molecule has 1 aromatic carbocycles. The van der Waals surface area contributed by atoms with Gasteiger partial charge >= 0.3 is 0 Å². The van der Waals surface area contributed by atoms with Gasteiger partial charge in [0.15, 0.2) is 0 Å². The molecule has 0 saturated carbocycles. The minimum absolute atomic E-state index is 0.100. The van der Waals surface area contributed by atoms with Gasteiger partial charge in [0.25, 0.3) is 11.5 Å². The molecule has 0 atom stereocenters. The highest BCUT2D eigenvalue weighted by atomic mass is 16.5. The molecule has 0 unspecified atom stereocenters. The fraction of sp³-hybridized carbons (Fsp3) is 0.200. The largest absolute Gasteiger partial charge is 0.492 e. The van der Waals surface area contributed by atoms with Crippen LogP contribution in [0.4, 0.5) is 0 Å². The van der Waals surface area contributed by atoms with Crippen molar-refractivity contribution in [3.8, 4) is 5.75 Å². The van der Waals surface area contributed by atoms with Crippen molar-refractivity contribution < 1.29 is 9.53 Å². The molecule has 5 heteroatoms. The first-order valence-corrected chi connectivity index (χ1v) is 6.32. The van der Waals surface area contributed by atoms with Crippen molar-refractivity contribution in [2.24, 2.45) is 0 Å². The smallest absolute Gasteiger partial charge is 0.260 e. The van der Waals surface area contributed by atoms with E-state index in [1.165, 1.54) is 12.3 Å². The van der Waals surface area contributed by atoms with Gasteiger partial charge in [0, 0.05) is 6.20 Å². The highest BCUT2D eigenvalue weighted by Crippen LogP contribution is 2.11. The van der Waals surface area contributed by atoms with Crippen LogP contribution in [0.3, 0.4) is 0 Å². The van der Waals surface area contributed by atoms with Crippen LogP contribution in [-0.4, -0.2) is 24.0 Å². The molecule has 2 aromatic rings. The van der Waals surface area contributed by atoms with Gasteiger partial charge in [0.05, 0.1) is 6.54 Å². The molecule has 0 bridgehead atoms. The molecule has 1 heterocycles. The Bertz CT molecular complexity index is 649. The highest BCUT2D eigenvalue weighted by molar-refractivity contribution is 5.93. The summed E-state index contributed by atoms with van der Waals surface area (Å²) in [5, 5.41) is 2.64. The fourth-order valence-electron chi connectivity index (χ4n) is 1.73. The summed E-state index contributed by atoms with van der Waals surface area (Å²) in [4.78, 5) is 25.6. The number of aryl methyl sites for hydroxylation is 1. The summed E-state index contributed by atoms with van der Waals surface area (Å²) in [6, 6.07) is 10.8. The first kappa shape index (κ1) is 13.9. The zero-order chi connectivity index (χ0) is 14.4. The third kappa shape index (κ3) is 3.71. The second kappa shape index (κ2) is 6.56. The van der Waals surface area contributed by atoms with Crippen LogP contribution in [-0.2, 0) is 0 Å². The van der Waals surface area contributed by atoms with Crippen molar-refractivity contribution in [3.05, 3.63) is 64.1 Å². The number of rotatable bonds is 5. The van der Waals surface area contributed by atoms with Crippen LogP contribution in [0.25, 0.3) is 0 Å². The van der Waals surface area contributed by atoms with Crippen LogP contribution >= 0.6 is 0 Å². The van der Waals surface area contributed by atoms with Gasteiger partial charge in [-0.3, -0.25) is 9.59 Å². The average Bonchev–Trinajstić information content (AvgIpc) is 2.44. The standard InChI is InChI=1S/C15H16N2O3/c1-11-4-2-5-12(10-11)20-9-8-17-15(19)13-6-3-7-16-14(13)18/h2-7,10H,8-9H2,1H3,(H,16,18)(H,17,19). The zero-order valence-electron chi connectivity index (χ0n) is 11.2. The van der Waals surface area contributed by atoms with E-state index in [2.05, 4.69) is 10.3 Å². The number of hydrogen-bond acceptors (Lipinski definition) is 3. The van der Waals surface area contributed by atoms with E-state index >= 15 is 0 Å². The van der Waals surface area contributed by atoms with Crippen molar-refractivity contribution in [2.45, 2.75) is 6.92 Å². The molecule has 0 aliphatic carbocycles. The van der Waals surface area contributed by atoms with Crippen molar-refractivity contribution in [3.63, 3.8) is 0 Å². The van der Waals surface area contributed by atoms with Gasteiger partial charge in [-0.25, -0.2) is 0 Å². The van der Waals surface area contributed by atoms with Crippen LogP contribution in [0.5, 0.6) is 5.75 Å². The molecule has 0 saturated heterocycles. The van der Waals surface area contributed by atoms with Crippen LogP contribution in [0.1, 0.15) is 15.9 Å². The number of ether oxygens (including phenoxy) is 1. The lowest BCUT2D eigenvalue weighted by molar-refractivity contribution is 0.0945. The molecule has 2 rings (SSSR count). The maximum absolute atomic E-state index is 11.7. The molecule has 0 radical (unpaired) electrons. The van der Waals surface area contributed by atoms with Gasteiger partial charge in [-0.05, 0) is 36.8 Å². The van der Waals surface area contributed by atoms with Gasteiger partial charge in [-0.2, -0.15) is 0 Å². The normalized spacial score (nSPS) is 10.1. The van der Waals surface area contributed by atoms with Crippen molar-refractivity contribution >= 4 is 5.91 Å². The molecule has 20 heavy (non-hydrogen) atoms. The lowest BCUT2D eigenvalue weighted by Crippen LogP contribution is -2.32. The maximum atomic E-state index is 11.7. The Hall–Kier alpha value is -2.56. The molecule has 104 valence electrons. The third-order valence-corrected chi connectivity index (χ3v) is 2.71. The van der Waals surface area contributed by atoms with Gasteiger partial charge in [0.1, 0.15) is 17.9 Å². The number of benzene rings is 1. The van der Waals surface area contributed by atoms with E-state index in [-0.39, 0.29) is 5.56 Å². The Morgan fingerprint density at radius 2 is 2.15 bits per heavy atom. The van der Waals surface area contributed by atoms with E-state index in [4.69, 9.17) is 4.74 Å². The van der Waals surface area contributed by atoms with Gasteiger partial charge < -0.3 is 15.0 Å². The van der Waals surface area contributed by atoms with Crippen molar-refractivity contribution in [2.75, 3.05) is 13.2 Å². The Balaban J connectivity index is 1.80. The van der Waals surface area contributed by atoms with Crippen molar-refractivity contribution in [1.29, 1.82) is 0 Å². The lowest BCUT2D eigenvalue weighted by atomic mass is 10.2. The molecule has 1 aromatic heterocycles. The Morgan fingerprint density at radius 1 is 1.30 bits per heavy atom. The summed E-state index contributed by atoms with van der Waals surface area (Å²) >= 11 is 0. The minimum Gasteiger partial charge on any atom is -0.492 e. The molecule has 0 fully saturated rings. The molecule has 0 aliphatic heterocycles. The van der Waals surface area contributed by atoms with E-state index in [0.29, 0.717) is 13.2 Å². The molecule has 0 aliphatic rings. The van der Waals surface area contributed by atoms with E-state index in [0.717, 1.165) is 11.3 Å². The SMILES string of the molecule is Cc1cccc(OCCNC(=O)c2ccc[nH]c2=O)c1. The summed E-state index contributed by atoms with van der Waals surface area (Å²) in [5.41, 5.74) is 0.815. The number of aromatic amines is 1. The molecular weight excluding hydrogens is 256 g/mol. The molecular formula is C15H16N2O3. The van der Waals surface area contributed by atoms with Crippen LogP contribution in [0.15, 0.2) is 47.4 Å². The maximum Gasteiger partial charge on any atom is 0.260 e. The number of hydrogen-bond donors (Lipinski definition) is 2. The highest BCUT2D eigenvalue weighted by Gasteiger charge is 2.08. The quantitative estimate of drug-likeness (QED) is 0.810. The van der Waals surface area contributed by atoms with Crippen LogP contribution in [0.2, 0.25) is 0 Å². The Labute approximate surface area is 116 Å². The Kier molecular flexibility index (Phi) is 4.55. The average molecular weight is 272 g/mol. The van der Waals surface area contributed by atoms with Gasteiger partial charge in [-0.1, -0.05) is 12.1 Å². The number of pyridine rings is 1. The number of aromatic nitrogens is 1. The number of amides is 1. The minimum atomic E-state index is -0.403. The first-order chi connectivity index (χ1) is 9.66. The third-order valence-electron chi connectivity index (χ3n) is 2.71. The Morgan fingerprint density at radius 3 is 2.90 bits per heavy atom. The summed E-state index contributed by atoms with van der Waals surface area (Å²) in [6.45, 7) is 2.66.